The standard InChI is InChI=1S/C34H23NO4/c1-39-34(38)28-21-27(24-13-7-3-8-14-24)30-31(33(37)35(32(30)36)26-15-9-4-10-16-26)29(28)25-19-17-23(18-20-25)22-11-5-2-6-12-22/h2-21H,1H3. The summed E-state index contributed by atoms with van der Waals surface area (Å²) in [5.41, 5.74) is 5.44. The van der Waals surface area contributed by atoms with Gasteiger partial charge in [-0.15, -0.1) is 0 Å². The number of carbonyl (C=O) groups is 3. The number of nitrogens with zero attached hydrogens (tertiary/aromatic N) is 1. The Kier molecular flexibility index (Phi) is 6.10. The van der Waals surface area contributed by atoms with Crippen LogP contribution in [0.5, 0.6) is 0 Å². The lowest BCUT2D eigenvalue weighted by molar-refractivity contribution is 0.0601. The van der Waals surface area contributed by atoms with Crippen molar-refractivity contribution in [3.63, 3.8) is 0 Å². The molecule has 0 unspecified atom stereocenters. The third kappa shape index (κ3) is 4.10. The zero-order valence-corrected chi connectivity index (χ0v) is 21.1. The van der Waals surface area contributed by atoms with Gasteiger partial charge in [0.25, 0.3) is 11.8 Å². The van der Waals surface area contributed by atoms with E-state index in [1.165, 1.54) is 12.0 Å². The van der Waals surface area contributed by atoms with E-state index in [0.717, 1.165) is 16.7 Å². The van der Waals surface area contributed by atoms with Gasteiger partial charge in [-0.3, -0.25) is 9.59 Å². The summed E-state index contributed by atoms with van der Waals surface area (Å²) >= 11 is 0. The van der Waals surface area contributed by atoms with E-state index in [4.69, 9.17) is 4.74 Å². The Balaban J connectivity index is 1.63. The van der Waals surface area contributed by atoms with Crippen molar-refractivity contribution in [1.29, 1.82) is 0 Å². The molecule has 0 aromatic heterocycles. The van der Waals surface area contributed by atoms with Crippen LogP contribution in [0.2, 0.25) is 0 Å². The van der Waals surface area contributed by atoms with Crippen LogP contribution >= 0.6 is 0 Å². The Morgan fingerprint density at radius 2 is 1.05 bits per heavy atom. The highest BCUT2D eigenvalue weighted by Crippen LogP contribution is 2.43. The van der Waals surface area contributed by atoms with E-state index >= 15 is 0 Å². The predicted octanol–water partition coefficient (Wildman–Crippen LogP) is 7.27. The van der Waals surface area contributed by atoms with Crippen molar-refractivity contribution in [3.05, 3.63) is 138 Å². The number of imide groups is 1. The molecule has 5 nitrogen and oxygen atoms in total. The Hall–Kier alpha value is -5.29. The molecule has 39 heavy (non-hydrogen) atoms. The first kappa shape index (κ1) is 24.1. The second-order valence-electron chi connectivity index (χ2n) is 9.18. The fourth-order valence-electron chi connectivity index (χ4n) is 5.12. The number of hydrogen-bond acceptors (Lipinski definition) is 4. The summed E-state index contributed by atoms with van der Waals surface area (Å²) in [6.45, 7) is 0. The Bertz CT molecular complexity index is 1710. The summed E-state index contributed by atoms with van der Waals surface area (Å²) in [5, 5.41) is 0. The van der Waals surface area contributed by atoms with Crippen LogP contribution in [0.25, 0.3) is 33.4 Å². The molecule has 6 rings (SSSR count). The molecule has 5 aromatic rings. The van der Waals surface area contributed by atoms with E-state index in [1.54, 1.807) is 30.3 Å². The molecule has 1 aliphatic rings. The number of benzene rings is 5. The number of esters is 1. The minimum atomic E-state index is -0.587. The topological polar surface area (TPSA) is 63.7 Å². The van der Waals surface area contributed by atoms with Gasteiger partial charge in [-0.1, -0.05) is 103 Å². The second kappa shape index (κ2) is 9.88. The molecular weight excluding hydrogens is 486 g/mol. The van der Waals surface area contributed by atoms with Crippen LogP contribution < -0.4 is 4.90 Å². The number of amides is 2. The lowest BCUT2D eigenvalue weighted by Gasteiger charge is -2.16. The number of methoxy groups -OCH3 is 1. The number of fused-ring (bicyclic) bond motifs is 1. The first-order valence-corrected chi connectivity index (χ1v) is 12.5. The van der Waals surface area contributed by atoms with Crippen molar-refractivity contribution in [3.8, 4) is 33.4 Å². The van der Waals surface area contributed by atoms with Crippen molar-refractivity contribution in [2.24, 2.45) is 0 Å². The molecule has 1 aliphatic heterocycles. The second-order valence-corrected chi connectivity index (χ2v) is 9.18. The largest absolute Gasteiger partial charge is 0.465 e. The Morgan fingerprint density at radius 1 is 0.564 bits per heavy atom. The maximum absolute atomic E-state index is 14.1. The monoisotopic (exact) mass is 509 g/mol. The third-order valence-corrected chi connectivity index (χ3v) is 6.95. The summed E-state index contributed by atoms with van der Waals surface area (Å²) in [5.74, 6) is -1.50. The minimum Gasteiger partial charge on any atom is -0.465 e. The molecule has 2 amide bonds. The number of anilines is 1. The molecule has 1 heterocycles. The highest BCUT2D eigenvalue weighted by molar-refractivity contribution is 6.38. The average molecular weight is 510 g/mol. The highest BCUT2D eigenvalue weighted by Gasteiger charge is 2.42. The molecule has 5 aromatic carbocycles. The number of carbonyl (C=O) groups excluding carboxylic acids is 3. The Labute approximate surface area is 225 Å². The predicted molar refractivity (Wildman–Crippen MR) is 152 cm³/mol. The maximum atomic E-state index is 14.1. The molecule has 0 bridgehead atoms. The van der Waals surface area contributed by atoms with Gasteiger partial charge in [-0.05, 0) is 46.0 Å². The van der Waals surface area contributed by atoms with Crippen molar-refractivity contribution in [2.45, 2.75) is 0 Å². The van der Waals surface area contributed by atoms with Gasteiger partial charge in [0.1, 0.15) is 0 Å². The molecule has 0 atom stereocenters. The summed E-state index contributed by atoms with van der Waals surface area (Å²) < 4.78 is 5.17. The smallest absolute Gasteiger partial charge is 0.338 e. The molecule has 0 spiro atoms. The van der Waals surface area contributed by atoms with E-state index in [1.807, 2.05) is 91.0 Å². The number of ether oxygens (including phenoxy) is 1. The molecule has 0 radical (unpaired) electrons. The van der Waals surface area contributed by atoms with Gasteiger partial charge >= 0.3 is 5.97 Å². The fraction of sp³-hybridized carbons (Fsp3) is 0.0294. The van der Waals surface area contributed by atoms with E-state index in [2.05, 4.69) is 0 Å². The van der Waals surface area contributed by atoms with Gasteiger partial charge in [0.15, 0.2) is 0 Å². The van der Waals surface area contributed by atoms with Crippen molar-refractivity contribution in [2.75, 3.05) is 12.0 Å². The van der Waals surface area contributed by atoms with E-state index in [0.29, 0.717) is 22.4 Å². The summed E-state index contributed by atoms with van der Waals surface area (Å²) in [6, 6.07) is 37.3. The molecule has 0 saturated carbocycles. The molecule has 5 heteroatoms. The van der Waals surface area contributed by atoms with Crippen molar-refractivity contribution < 1.29 is 19.1 Å². The minimum absolute atomic E-state index is 0.193. The SMILES string of the molecule is COC(=O)c1cc(-c2ccccc2)c2c(c1-c1ccc(-c3ccccc3)cc1)C(=O)N(c1ccccc1)C2=O. The van der Waals surface area contributed by atoms with Crippen LogP contribution in [0.3, 0.4) is 0 Å². The van der Waals surface area contributed by atoms with Gasteiger partial charge in [-0.25, -0.2) is 9.69 Å². The highest BCUT2D eigenvalue weighted by atomic mass is 16.5. The van der Waals surface area contributed by atoms with Gasteiger partial charge < -0.3 is 4.74 Å². The number of para-hydroxylation sites is 1. The maximum Gasteiger partial charge on any atom is 0.338 e. The first-order valence-electron chi connectivity index (χ1n) is 12.5. The molecular formula is C34H23NO4. The van der Waals surface area contributed by atoms with Gasteiger partial charge in [0.05, 0.1) is 29.5 Å². The van der Waals surface area contributed by atoms with Gasteiger partial charge in [-0.2, -0.15) is 0 Å². The van der Waals surface area contributed by atoms with Crippen molar-refractivity contribution in [1.82, 2.24) is 0 Å². The molecule has 0 N–H and O–H groups in total. The van der Waals surface area contributed by atoms with E-state index in [9.17, 15) is 14.4 Å². The average Bonchev–Trinajstić information content (AvgIpc) is 3.27. The molecule has 0 saturated heterocycles. The number of rotatable bonds is 5. The Morgan fingerprint density at radius 3 is 1.64 bits per heavy atom. The van der Waals surface area contributed by atoms with Crippen LogP contribution in [-0.2, 0) is 4.74 Å². The van der Waals surface area contributed by atoms with Crippen LogP contribution in [0.1, 0.15) is 31.1 Å². The zero-order valence-electron chi connectivity index (χ0n) is 21.1. The van der Waals surface area contributed by atoms with Crippen molar-refractivity contribution >= 4 is 23.5 Å². The zero-order chi connectivity index (χ0) is 26.9. The fourth-order valence-corrected chi connectivity index (χ4v) is 5.12. The quantitative estimate of drug-likeness (QED) is 0.185. The lowest BCUT2D eigenvalue weighted by atomic mass is 9.86. The molecule has 188 valence electrons. The van der Waals surface area contributed by atoms with E-state index < -0.39 is 17.8 Å². The van der Waals surface area contributed by atoms with Gasteiger partial charge in [0, 0.05) is 5.56 Å². The van der Waals surface area contributed by atoms with Crippen LogP contribution in [-0.4, -0.2) is 24.9 Å². The van der Waals surface area contributed by atoms with Crippen LogP contribution in [0, 0.1) is 0 Å². The third-order valence-electron chi connectivity index (χ3n) is 6.95. The normalized spacial score (nSPS) is 12.4. The lowest BCUT2D eigenvalue weighted by Crippen LogP contribution is -2.29. The number of hydrogen-bond donors (Lipinski definition) is 0. The summed E-state index contributed by atoms with van der Waals surface area (Å²) in [7, 11) is 1.31. The molecule has 0 fully saturated rings. The first-order chi connectivity index (χ1) is 19.1. The van der Waals surface area contributed by atoms with Crippen LogP contribution in [0.4, 0.5) is 5.69 Å². The summed E-state index contributed by atoms with van der Waals surface area (Å²) in [4.78, 5) is 42.4. The molecule has 0 aliphatic carbocycles. The van der Waals surface area contributed by atoms with Crippen LogP contribution in [0.15, 0.2) is 121 Å². The van der Waals surface area contributed by atoms with E-state index in [-0.39, 0.29) is 16.7 Å². The summed E-state index contributed by atoms with van der Waals surface area (Å²) in [6.07, 6.45) is 0. The van der Waals surface area contributed by atoms with Gasteiger partial charge in [0.2, 0.25) is 0 Å².